The number of nitrogens with zero attached hydrogens (tertiary/aromatic N) is 1. The lowest BCUT2D eigenvalue weighted by molar-refractivity contribution is -0.125. The van der Waals surface area contributed by atoms with Crippen LogP contribution in [-0.2, 0) is 4.79 Å². The summed E-state index contributed by atoms with van der Waals surface area (Å²) in [5.41, 5.74) is 0. The first-order chi connectivity index (χ1) is 4.70. The van der Waals surface area contributed by atoms with Gasteiger partial charge in [-0.2, -0.15) is 0 Å². The largest absolute Gasteiger partial charge is 0.339 e. The first kappa shape index (κ1) is 7.58. The van der Waals surface area contributed by atoms with E-state index in [4.69, 9.17) is 0 Å². The highest BCUT2D eigenvalue weighted by atomic mass is 16.2. The van der Waals surface area contributed by atoms with Crippen molar-refractivity contribution in [3.05, 3.63) is 0 Å². The smallest absolute Gasteiger partial charge is 0.222 e. The molecule has 1 aliphatic heterocycles. The number of carbonyl (C=O) groups is 1. The van der Waals surface area contributed by atoms with Gasteiger partial charge in [0.25, 0.3) is 0 Å². The number of rotatable bonds is 3. The van der Waals surface area contributed by atoms with Crippen molar-refractivity contribution < 1.29 is 4.79 Å². The topological polar surface area (TPSA) is 20.1 Å². The number of carbonyl (C=O) groups excluding carboxylic acids is 1. The van der Waals surface area contributed by atoms with E-state index < -0.39 is 0 Å². The fourth-order valence-electron chi connectivity index (χ4n) is 0.870. The molecule has 0 unspecified atom stereocenters. The summed E-state index contributed by atoms with van der Waals surface area (Å²) in [4.78, 5) is 12.9. The van der Waals surface area contributed by atoms with Crippen LogP contribution in [0.2, 0.25) is 0 Å². The number of amides is 1. The van der Waals surface area contributed by atoms with Crippen LogP contribution in [-0.4, -0.2) is 23.9 Å². The Kier molecular flexibility index (Phi) is 2.30. The summed E-state index contributed by atoms with van der Waals surface area (Å²) >= 11 is 0. The Balaban J connectivity index is 2.06. The van der Waals surface area contributed by atoms with Crippen LogP contribution in [0.25, 0.3) is 0 Å². The predicted octanol–water partition coefficient (Wildman–Crippen LogP) is 1.26. The molecular weight excluding hydrogens is 126 g/mol. The summed E-state index contributed by atoms with van der Waals surface area (Å²) < 4.78 is 0. The van der Waals surface area contributed by atoms with E-state index in [-0.39, 0.29) is 0 Å². The molecule has 0 aromatic carbocycles. The van der Waals surface area contributed by atoms with Gasteiger partial charge >= 0.3 is 0 Å². The normalized spacial score (nSPS) is 16.1. The van der Waals surface area contributed by atoms with E-state index in [1.54, 1.807) is 0 Å². The van der Waals surface area contributed by atoms with Gasteiger partial charge in [-0.3, -0.25) is 4.79 Å². The molecule has 2 heteroatoms. The van der Waals surface area contributed by atoms with Crippen molar-refractivity contribution in [3.63, 3.8) is 0 Å². The first-order valence-corrected chi connectivity index (χ1v) is 3.98. The van der Waals surface area contributed by atoms with Crippen molar-refractivity contribution in [1.29, 1.82) is 0 Å². The quantitative estimate of drug-likeness (QED) is 0.542. The van der Waals surface area contributed by atoms with Gasteiger partial charge in [0.2, 0.25) is 5.91 Å². The lowest BCUT2D eigenvalue weighted by Crippen LogP contribution is -2.10. The monoisotopic (exact) mass is 141 g/mol. The minimum atomic E-state index is 0.341. The molecule has 1 rings (SSSR count). The van der Waals surface area contributed by atoms with Crippen LogP contribution in [0.3, 0.4) is 0 Å². The lowest BCUT2D eigenvalue weighted by atomic mass is 10.1. The summed E-state index contributed by atoms with van der Waals surface area (Å²) in [6, 6.07) is 0. The molecule has 0 N–H and O–H groups in total. The molecule has 10 heavy (non-hydrogen) atoms. The number of hydrogen-bond donors (Lipinski definition) is 0. The maximum absolute atomic E-state index is 11.0. The van der Waals surface area contributed by atoms with E-state index in [2.05, 4.69) is 13.8 Å². The molecule has 2 nitrogen and oxygen atoms in total. The van der Waals surface area contributed by atoms with Crippen molar-refractivity contribution in [2.24, 2.45) is 5.92 Å². The van der Waals surface area contributed by atoms with Crippen LogP contribution >= 0.6 is 0 Å². The fraction of sp³-hybridized carbons (Fsp3) is 0.875. The highest BCUT2D eigenvalue weighted by Crippen LogP contribution is 2.10. The second-order valence-electron chi connectivity index (χ2n) is 3.31. The number of hydrogen-bond acceptors (Lipinski definition) is 1. The Hall–Kier alpha value is -0.530. The zero-order valence-corrected chi connectivity index (χ0v) is 6.76. The average molecular weight is 141 g/mol. The van der Waals surface area contributed by atoms with Crippen LogP contribution in [0.1, 0.15) is 26.7 Å². The second-order valence-corrected chi connectivity index (χ2v) is 3.31. The minimum absolute atomic E-state index is 0.341. The zero-order valence-electron chi connectivity index (χ0n) is 6.76. The van der Waals surface area contributed by atoms with Gasteiger partial charge in [0.15, 0.2) is 0 Å². The Bertz CT molecular complexity index is 127. The molecule has 58 valence electrons. The van der Waals surface area contributed by atoms with E-state index in [0.717, 1.165) is 25.9 Å². The maximum Gasteiger partial charge on any atom is 0.222 e. The van der Waals surface area contributed by atoms with E-state index in [1.165, 1.54) is 0 Å². The van der Waals surface area contributed by atoms with E-state index in [1.807, 2.05) is 4.90 Å². The van der Waals surface area contributed by atoms with Gasteiger partial charge in [-0.05, 0) is 12.3 Å². The third kappa shape index (κ3) is 2.38. The minimum Gasteiger partial charge on any atom is -0.339 e. The molecule has 0 aromatic heterocycles. The highest BCUT2D eigenvalue weighted by molar-refractivity contribution is 5.78. The molecular formula is C8H15NO. The Labute approximate surface area is 62.2 Å². The van der Waals surface area contributed by atoms with Gasteiger partial charge in [0, 0.05) is 19.5 Å². The molecule has 1 heterocycles. The molecule has 0 saturated carbocycles. The van der Waals surface area contributed by atoms with E-state index >= 15 is 0 Å². The van der Waals surface area contributed by atoms with Gasteiger partial charge in [0.1, 0.15) is 0 Å². The SMILES string of the molecule is CC(C)CCC(=O)N1CC1. The zero-order chi connectivity index (χ0) is 7.56. The van der Waals surface area contributed by atoms with Crippen LogP contribution in [0.4, 0.5) is 0 Å². The van der Waals surface area contributed by atoms with Crippen molar-refractivity contribution >= 4 is 5.91 Å². The molecule has 1 aliphatic rings. The standard InChI is InChI=1S/C8H15NO/c1-7(2)3-4-8(10)9-5-6-9/h7H,3-6H2,1-2H3. The van der Waals surface area contributed by atoms with Gasteiger partial charge < -0.3 is 4.90 Å². The van der Waals surface area contributed by atoms with Crippen molar-refractivity contribution in [1.82, 2.24) is 4.90 Å². The Morgan fingerprint density at radius 3 is 2.50 bits per heavy atom. The third-order valence-corrected chi connectivity index (χ3v) is 1.74. The lowest BCUT2D eigenvalue weighted by Gasteiger charge is -2.03. The first-order valence-electron chi connectivity index (χ1n) is 3.98. The van der Waals surface area contributed by atoms with E-state index in [9.17, 15) is 4.79 Å². The van der Waals surface area contributed by atoms with Gasteiger partial charge in [-0.1, -0.05) is 13.8 Å². The maximum atomic E-state index is 11.0. The van der Waals surface area contributed by atoms with Crippen LogP contribution in [0.15, 0.2) is 0 Å². The molecule has 0 aromatic rings. The third-order valence-electron chi connectivity index (χ3n) is 1.74. The van der Waals surface area contributed by atoms with Gasteiger partial charge in [-0.15, -0.1) is 0 Å². The molecule has 0 aliphatic carbocycles. The van der Waals surface area contributed by atoms with Crippen LogP contribution in [0.5, 0.6) is 0 Å². The molecule has 0 spiro atoms. The summed E-state index contributed by atoms with van der Waals surface area (Å²) in [7, 11) is 0. The van der Waals surface area contributed by atoms with Crippen molar-refractivity contribution in [3.8, 4) is 0 Å². The van der Waals surface area contributed by atoms with Crippen LogP contribution in [0, 0.1) is 5.92 Å². The Morgan fingerprint density at radius 2 is 2.10 bits per heavy atom. The van der Waals surface area contributed by atoms with E-state index in [0.29, 0.717) is 11.8 Å². The highest BCUT2D eigenvalue weighted by Gasteiger charge is 2.22. The van der Waals surface area contributed by atoms with Crippen LogP contribution < -0.4 is 0 Å². The molecule has 1 fully saturated rings. The Morgan fingerprint density at radius 1 is 1.50 bits per heavy atom. The average Bonchev–Trinajstić information content (AvgIpc) is 2.63. The molecule has 1 saturated heterocycles. The van der Waals surface area contributed by atoms with Crippen molar-refractivity contribution in [2.75, 3.05) is 13.1 Å². The summed E-state index contributed by atoms with van der Waals surface area (Å²) in [6.07, 6.45) is 1.78. The second kappa shape index (κ2) is 3.04. The van der Waals surface area contributed by atoms with Gasteiger partial charge in [0.05, 0.1) is 0 Å². The predicted molar refractivity (Wildman–Crippen MR) is 40.7 cm³/mol. The van der Waals surface area contributed by atoms with Crippen molar-refractivity contribution in [2.45, 2.75) is 26.7 Å². The molecule has 0 bridgehead atoms. The summed E-state index contributed by atoms with van der Waals surface area (Å²) in [5, 5.41) is 0. The summed E-state index contributed by atoms with van der Waals surface area (Å²) in [6.45, 7) is 6.29. The fourth-order valence-corrected chi connectivity index (χ4v) is 0.870. The van der Waals surface area contributed by atoms with Gasteiger partial charge in [-0.25, -0.2) is 0 Å². The molecule has 0 radical (unpaired) electrons. The molecule has 0 atom stereocenters. The molecule has 1 amide bonds. The summed E-state index contributed by atoms with van der Waals surface area (Å²) in [5.74, 6) is 0.998.